The van der Waals surface area contributed by atoms with Crippen molar-refractivity contribution in [3.63, 3.8) is 0 Å². The summed E-state index contributed by atoms with van der Waals surface area (Å²) in [6.45, 7) is 9.51. The first-order valence-corrected chi connectivity index (χ1v) is 24.6. The highest BCUT2D eigenvalue weighted by Gasteiger charge is 2.65. The predicted molar refractivity (Wildman–Crippen MR) is 246 cm³/mol. The number of aliphatic carboxylic acids is 3. The van der Waals surface area contributed by atoms with Gasteiger partial charge < -0.3 is 47.2 Å². The molecule has 12 atom stereocenters. The normalized spacial score (nSPS) is 33.3. The lowest BCUT2D eigenvalue weighted by molar-refractivity contribution is -0.202. The third kappa shape index (κ3) is 14.5. The number of rotatable bonds is 19. The van der Waals surface area contributed by atoms with Gasteiger partial charge in [-0.05, 0) is 111 Å². The summed E-state index contributed by atoms with van der Waals surface area (Å²) in [6, 6.07) is -0.294. The molecule has 5 aliphatic rings. The SMILES string of the molecule is C[C@H](CCC(N)=O)NC(=O)CC[C@@H](C)[C@H]1CC[C@H]2[C@@H]3[C@H](O)C[C@@H]4C[C@@H](NC(=O)CNC(=O)CN5CCN(CC(=O)O)CCN(CC(=O)O)CCN(CC(=O)O)CC5)CC[C@]4(C)[C@H]3C[C@H](O)[C@]12C. The van der Waals surface area contributed by atoms with Crippen molar-refractivity contribution in [2.75, 3.05) is 85.1 Å². The van der Waals surface area contributed by atoms with Crippen molar-refractivity contribution in [3.8, 4) is 0 Å². The molecule has 20 nitrogen and oxygen atoms in total. The highest BCUT2D eigenvalue weighted by molar-refractivity contribution is 5.85. The Hall–Kier alpha value is -3.95. The smallest absolute Gasteiger partial charge is 0.317 e. The molecule has 0 aromatic carbocycles. The molecule has 4 amide bonds. The van der Waals surface area contributed by atoms with E-state index in [0.29, 0.717) is 38.5 Å². The van der Waals surface area contributed by atoms with Gasteiger partial charge in [0, 0.05) is 77.3 Å². The van der Waals surface area contributed by atoms with Gasteiger partial charge in [-0.15, -0.1) is 0 Å². The minimum Gasteiger partial charge on any atom is -0.480 e. The van der Waals surface area contributed by atoms with E-state index < -0.39 is 41.9 Å². The average molecular weight is 949 g/mol. The standard InChI is InChI=1S/C47H80N8O12/c1-29(5-10-39(59)50-30(2)6-9-38(48)58)33-7-8-34-45-35(23-37(57)47(33,34)4)46(3)12-11-32(21-31(46)22-36(45)56)51-40(60)24-49-41(61)25-52-13-15-53(26-42(62)63)17-19-55(28-44(66)67)20-18-54(16-14-52)27-43(64)65/h29-37,45,56-57H,5-28H2,1-4H3,(H2,48,58)(H,49,61)(H,50,59)(H,51,60)(H,62,63)(H,64,65)(H,66,67)/t29-,30-,31+,32+,33-,34+,35+,36-,37+,45+,46+,47-/m1/s1. The first kappa shape index (κ1) is 54.0. The third-order valence-electron chi connectivity index (χ3n) is 16.8. The Balaban J connectivity index is 1.12. The molecule has 4 aliphatic carbocycles. The van der Waals surface area contributed by atoms with Gasteiger partial charge >= 0.3 is 17.9 Å². The number of aliphatic hydroxyl groups is 2. The molecular weight excluding hydrogens is 869 g/mol. The Labute approximate surface area is 395 Å². The van der Waals surface area contributed by atoms with Crippen molar-refractivity contribution in [1.29, 1.82) is 0 Å². The summed E-state index contributed by atoms with van der Waals surface area (Å²) < 4.78 is 0. The van der Waals surface area contributed by atoms with E-state index in [1.807, 2.05) is 6.92 Å². The lowest BCUT2D eigenvalue weighted by atomic mass is 9.43. The van der Waals surface area contributed by atoms with E-state index in [-0.39, 0.29) is 162 Å². The fourth-order valence-corrected chi connectivity index (χ4v) is 13.1. The Morgan fingerprint density at radius 1 is 0.657 bits per heavy atom. The van der Waals surface area contributed by atoms with Crippen molar-refractivity contribution < 1.29 is 59.1 Å². The van der Waals surface area contributed by atoms with Gasteiger partial charge in [-0.3, -0.25) is 53.2 Å². The number of aliphatic hydroxyl groups excluding tert-OH is 2. The molecule has 0 unspecified atom stereocenters. The maximum absolute atomic E-state index is 13.3. The van der Waals surface area contributed by atoms with E-state index in [9.17, 15) is 59.1 Å². The van der Waals surface area contributed by atoms with Crippen molar-refractivity contribution in [2.45, 2.75) is 123 Å². The molecule has 5 fully saturated rings. The van der Waals surface area contributed by atoms with Gasteiger partial charge in [0.15, 0.2) is 0 Å². The lowest BCUT2D eigenvalue weighted by Crippen LogP contribution is -2.63. The van der Waals surface area contributed by atoms with Crippen LogP contribution < -0.4 is 21.7 Å². The van der Waals surface area contributed by atoms with Crippen LogP contribution in [0.1, 0.15) is 98.3 Å². The molecule has 1 heterocycles. The van der Waals surface area contributed by atoms with E-state index in [4.69, 9.17) is 5.73 Å². The number of amides is 4. The van der Waals surface area contributed by atoms with Crippen molar-refractivity contribution >= 4 is 41.5 Å². The van der Waals surface area contributed by atoms with Crippen molar-refractivity contribution in [2.24, 2.45) is 52.1 Å². The Morgan fingerprint density at radius 3 is 1.72 bits per heavy atom. The second kappa shape index (κ2) is 24.1. The van der Waals surface area contributed by atoms with E-state index in [1.54, 1.807) is 19.6 Å². The van der Waals surface area contributed by atoms with Crippen LogP contribution in [0.5, 0.6) is 0 Å². The summed E-state index contributed by atoms with van der Waals surface area (Å²) in [7, 11) is 0. The highest BCUT2D eigenvalue weighted by Crippen LogP contribution is 2.68. The Kier molecular flexibility index (Phi) is 19.4. The maximum Gasteiger partial charge on any atom is 0.317 e. The molecule has 0 bridgehead atoms. The quantitative estimate of drug-likeness (QED) is 0.0814. The second-order valence-electron chi connectivity index (χ2n) is 21.2. The molecule has 5 rings (SSSR count). The molecule has 10 N–H and O–H groups in total. The van der Waals surface area contributed by atoms with Crippen LogP contribution >= 0.6 is 0 Å². The Morgan fingerprint density at radius 2 is 1.19 bits per heavy atom. The van der Waals surface area contributed by atoms with Crippen LogP contribution in [0.2, 0.25) is 0 Å². The summed E-state index contributed by atoms with van der Waals surface area (Å²) in [5.41, 5.74) is 4.75. The molecular formula is C47H80N8O12. The second-order valence-corrected chi connectivity index (χ2v) is 21.2. The van der Waals surface area contributed by atoms with Gasteiger partial charge in [0.05, 0.1) is 44.9 Å². The largest absolute Gasteiger partial charge is 0.480 e. The molecule has 0 aromatic heterocycles. The Bertz CT molecular complexity index is 1730. The first-order chi connectivity index (χ1) is 31.6. The molecule has 4 saturated carbocycles. The van der Waals surface area contributed by atoms with Gasteiger partial charge in [-0.25, -0.2) is 0 Å². The molecule has 20 heteroatoms. The number of nitrogens with two attached hydrogens (primary N) is 1. The number of carboxylic acids is 3. The van der Waals surface area contributed by atoms with Gasteiger partial charge in [-0.1, -0.05) is 20.8 Å². The number of carbonyl (C=O) groups is 7. The lowest BCUT2D eigenvalue weighted by Gasteiger charge is -2.63. The van der Waals surface area contributed by atoms with Crippen LogP contribution in [0.15, 0.2) is 0 Å². The number of fused-ring (bicyclic) bond motifs is 5. The fraction of sp³-hybridized carbons (Fsp3) is 0.851. The highest BCUT2D eigenvalue weighted by atomic mass is 16.4. The van der Waals surface area contributed by atoms with E-state index in [2.05, 4.69) is 36.7 Å². The third-order valence-corrected chi connectivity index (χ3v) is 16.8. The zero-order chi connectivity index (χ0) is 49.2. The van der Waals surface area contributed by atoms with E-state index in [0.717, 1.165) is 25.7 Å². The van der Waals surface area contributed by atoms with Crippen molar-refractivity contribution in [1.82, 2.24) is 35.6 Å². The van der Waals surface area contributed by atoms with Crippen LogP contribution in [0.25, 0.3) is 0 Å². The van der Waals surface area contributed by atoms with E-state index in [1.165, 1.54) is 0 Å². The summed E-state index contributed by atoms with van der Waals surface area (Å²) in [5, 5.41) is 61.4. The van der Waals surface area contributed by atoms with Crippen LogP contribution in [0.4, 0.5) is 0 Å². The molecule has 0 spiro atoms. The molecule has 380 valence electrons. The topological polar surface area (TPSA) is 296 Å². The van der Waals surface area contributed by atoms with Crippen LogP contribution in [-0.4, -0.2) is 196 Å². The molecule has 0 aromatic rings. The van der Waals surface area contributed by atoms with Crippen LogP contribution in [-0.2, 0) is 33.6 Å². The number of hydrogen-bond acceptors (Lipinski definition) is 13. The van der Waals surface area contributed by atoms with Crippen LogP contribution in [0.3, 0.4) is 0 Å². The number of nitrogens with zero attached hydrogens (tertiary/aromatic N) is 4. The molecule has 1 aliphatic heterocycles. The number of hydrogen-bond donors (Lipinski definition) is 9. The monoisotopic (exact) mass is 949 g/mol. The zero-order valence-electron chi connectivity index (χ0n) is 40.2. The zero-order valence-corrected chi connectivity index (χ0v) is 40.2. The summed E-state index contributed by atoms with van der Waals surface area (Å²) >= 11 is 0. The minimum absolute atomic E-state index is 0.0496. The number of primary amides is 1. The number of carboxylic acid groups (broad SMARTS) is 3. The summed E-state index contributed by atoms with van der Waals surface area (Å²) in [4.78, 5) is 92.2. The fourth-order valence-electron chi connectivity index (χ4n) is 13.1. The number of nitrogens with one attached hydrogen (secondary N) is 3. The minimum atomic E-state index is -1.04. The summed E-state index contributed by atoms with van der Waals surface area (Å²) in [5.74, 6) is -3.47. The molecule has 67 heavy (non-hydrogen) atoms. The predicted octanol–water partition coefficient (Wildman–Crippen LogP) is -0.150. The maximum atomic E-state index is 13.3. The van der Waals surface area contributed by atoms with E-state index >= 15 is 0 Å². The average Bonchev–Trinajstić information content (AvgIpc) is 3.60. The number of carbonyl (C=O) groups excluding carboxylic acids is 4. The van der Waals surface area contributed by atoms with Gasteiger partial charge in [-0.2, -0.15) is 0 Å². The van der Waals surface area contributed by atoms with Gasteiger partial charge in [0.2, 0.25) is 23.6 Å². The molecule has 0 radical (unpaired) electrons. The van der Waals surface area contributed by atoms with Gasteiger partial charge in [0.1, 0.15) is 0 Å². The van der Waals surface area contributed by atoms with Gasteiger partial charge in [0.25, 0.3) is 0 Å². The first-order valence-electron chi connectivity index (χ1n) is 24.6. The summed E-state index contributed by atoms with van der Waals surface area (Å²) in [6.07, 6.45) is 5.97. The van der Waals surface area contributed by atoms with Crippen LogP contribution in [0, 0.1) is 46.3 Å². The molecule has 1 saturated heterocycles. The van der Waals surface area contributed by atoms with Crippen molar-refractivity contribution in [3.05, 3.63) is 0 Å².